The molecule has 1 saturated heterocycles. The van der Waals surface area contributed by atoms with Crippen molar-refractivity contribution in [3.05, 3.63) is 36.7 Å². The van der Waals surface area contributed by atoms with Crippen molar-refractivity contribution in [2.45, 2.75) is 0 Å². The van der Waals surface area contributed by atoms with Crippen LogP contribution >= 0.6 is 0 Å². The van der Waals surface area contributed by atoms with Crippen LogP contribution in [0.5, 0.6) is 0 Å². The molecule has 23 heavy (non-hydrogen) atoms. The summed E-state index contributed by atoms with van der Waals surface area (Å²) in [4.78, 5) is 10.8. The molecule has 3 aliphatic heterocycles. The number of nitrogens with zero attached hydrogens (tertiary/aromatic N) is 4. The van der Waals surface area contributed by atoms with Crippen LogP contribution in [0.3, 0.4) is 0 Å². The number of anilines is 2. The molecule has 0 aliphatic carbocycles. The van der Waals surface area contributed by atoms with Crippen LogP contribution in [0.25, 0.3) is 0 Å². The van der Waals surface area contributed by atoms with Crippen molar-refractivity contribution in [2.24, 2.45) is 15.1 Å². The SMILES string of the molecule is C1=C[NH+]2N=C(Nc3cccc(N4CCOCC4)c3)N=C2C=N1.[Cl-]. The molecule has 120 valence electrons. The lowest BCUT2D eigenvalue weighted by Gasteiger charge is -2.29. The lowest BCUT2D eigenvalue weighted by Crippen LogP contribution is -3.05. The fourth-order valence-corrected chi connectivity index (χ4v) is 2.60. The quantitative estimate of drug-likeness (QED) is 0.609. The van der Waals surface area contributed by atoms with E-state index in [1.807, 2.05) is 18.3 Å². The predicted molar refractivity (Wildman–Crippen MR) is 86.6 cm³/mol. The molecule has 1 aromatic carbocycles. The van der Waals surface area contributed by atoms with Crippen LogP contribution in [0.2, 0.25) is 0 Å². The monoisotopic (exact) mass is 332 g/mol. The Morgan fingerprint density at radius 2 is 2.09 bits per heavy atom. The minimum absolute atomic E-state index is 0. The Kier molecular flexibility index (Phi) is 4.71. The molecular formula is C15H17ClN6O. The van der Waals surface area contributed by atoms with Gasteiger partial charge in [-0.1, -0.05) is 6.07 Å². The van der Waals surface area contributed by atoms with Crippen LogP contribution in [0.1, 0.15) is 0 Å². The van der Waals surface area contributed by atoms with E-state index in [4.69, 9.17) is 4.74 Å². The van der Waals surface area contributed by atoms with Crippen LogP contribution in [0.4, 0.5) is 11.4 Å². The van der Waals surface area contributed by atoms with E-state index in [1.165, 1.54) is 5.69 Å². The molecule has 1 unspecified atom stereocenters. The third kappa shape index (κ3) is 3.42. The number of fused-ring (bicyclic) bond motifs is 1. The second-order valence-corrected chi connectivity index (χ2v) is 5.19. The zero-order valence-electron chi connectivity index (χ0n) is 12.4. The zero-order chi connectivity index (χ0) is 14.8. The molecule has 3 aliphatic rings. The highest BCUT2D eigenvalue weighted by Gasteiger charge is 2.24. The van der Waals surface area contributed by atoms with E-state index in [9.17, 15) is 0 Å². The van der Waals surface area contributed by atoms with Gasteiger partial charge in [-0.25, -0.2) is 0 Å². The fraction of sp³-hybridized carbons (Fsp3) is 0.267. The number of benzene rings is 1. The molecule has 4 rings (SSSR count). The first-order chi connectivity index (χ1) is 10.9. The van der Waals surface area contributed by atoms with Crippen LogP contribution in [0.15, 0.2) is 51.8 Å². The first-order valence-corrected chi connectivity index (χ1v) is 7.33. The average molecular weight is 333 g/mol. The Hall–Kier alpha value is -2.22. The molecule has 0 aromatic heterocycles. The lowest BCUT2D eigenvalue weighted by atomic mass is 10.2. The summed E-state index contributed by atoms with van der Waals surface area (Å²) in [6.45, 7) is 3.40. The van der Waals surface area contributed by atoms with Crippen molar-refractivity contribution in [3.63, 3.8) is 0 Å². The highest BCUT2D eigenvalue weighted by molar-refractivity contribution is 6.29. The number of guanidine groups is 1. The first kappa shape index (κ1) is 15.7. The normalized spacial score (nSPS) is 22.1. The lowest BCUT2D eigenvalue weighted by molar-refractivity contribution is -0.748. The summed E-state index contributed by atoms with van der Waals surface area (Å²) in [6, 6.07) is 8.29. The minimum atomic E-state index is 0. The van der Waals surface area contributed by atoms with E-state index in [-0.39, 0.29) is 12.4 Å². The van der Waals surface area contributed by atoms with E-state index in [0.717, 1.165) is 42.8 Å². The first-order valence-electron chi connectivity index (χ1n) is 7.33. The number of hydrogen-bond acceptors (Lipinski definition) is 6. The van der Waals surface area contributed by atoms with Gasteiger partial charge in [0.2, 0.25) is 0 Å². The zero-order valence-corrected chi connectivity index (χ0v) is 13.2. The van der Waals surface area contributed by atoms with Crippen molar-refractivity contribution in [1.82, 2.24) is 0 Å². The van der Waals surface area contributed by atoms with Crippen molar-refractivity contribution < 1.29 is 22.2 Å². The molecule has 2 N–H and O–H groups in total. The van der Waals surface area contributed by atoms with E-state index >= 15 is 0 Å². The number of amidine groups is 1. The fourth-order valence-electron chi connectivity index (χ4n) is 2.60. The van der Waals surface area contributed by atoms with Crippen molar-refractivity contribution in [1.29, 1.82) is 0 Å². The topological polar surface area (TPSA) is 66.0 Å². The molecule has 1 aromatic rings. The van der Waals surface area contributed by atoms with E-state index in [2.05, 4.69) is 37.4 Å². The molecule has 3 heterocycles. The number of hydrogen-bond donors (Lipinski definition) is 2. The molecule has 0 amide bonds. The minimum Gasteiger partial charge on any atom is -1.00 e. The highest BCUT2D eigenvalue weighted by atomic mass is 35.5. The number of rotatable bonds is 2. The molecule has 8 heteroatoms. The number of morpholine rings is 1. The Balaban J connectivity index is 0.00000156. The van der Waals surface area contributed by atoms with Gasteiger partial charge in [-0.15, -0.1) is 5.01 Å². The summed E-state index contributed by atoms with van der Waals surface area (Å²) in [5, 5.41) is 8.57. The van der Waals surface area contributed by atoms with Gasteiger partial charge in [0.25, 0.3) is 11.8 Å². The smallest absolute Gasteiger partial charge is 0.286 e. The maximum absolute atomic E-state index is 5.40. The summed E-state index contributed by atoms with van der Waals surface area (Å²) in [7, 11) is 0. The maximum Gasteiger partial charge on any atom is 0.286 e. The second-order valence-electron chi connectivity index (χ2n) is 5.19. The Morgan fingerprint density at radius 3 is 2.91 bits per heavy atom. The van der Waals surface area contributed by atoms with Crippen molar-refractivity contribution in [2.75, 3.05) is 36.5 Å². The van der Waals surface area contributed by atoms with Crippen LogP contribution in [-0.2, 0) is 4.74 Å². The Labute approximate surface area is 140 Å². The van der Waals surface area contributed by atoms with E-state index < -0.39 is 0 Å². The number of nitrogens with one attached hydrogen (secondary N) is 2. The maximum atomic E-state index is 5.40. The van der Waals surface area contributed by atoms with Gasteiger partial charge in [0.15, 0.2) is 0 Å². The Bertz CT molecular complexity index is 693. The third-order valence-electron chi connectivity index (χ3n) is 3.71. The number of quaternary nitrogens is 1. The summed E-state index contributed by atoms with van der Waals surface area (Å²) in [5.74, 6) is 1.40. The van der Waals surface area contributed by atoms with Gasteiger partial charge in [-0.2, -0.15) is 4.99 Å². The number of ether oxygens (including phenoxy) is 1. The van der Waals surface area contributed by atoms with Gasteiger partial charge in [0, 0.05) is 24.5 Å². The van der Waals surface area contributed by atoms with Gasteiger partial charge in [-0.05, 0) is 23.3 Å². The second kappa shape index (κ2) is 6.91. The van der Waals surface area contributed by atoms with Gasteiger partial charge >= 0.3 is 0 Å². The summed E-state index contributed by atoms with van der Waals surface area (Å²) < 4.78 is 5.40. The van der Waals surface area contributed by atoms with Crippen LogP contribution in [0, 0.1) is 0 Å². The molecule has 1 fully saturated rings. The molecule has 0 bridgehead atoms. The Morgan fingerprint density at radius 1 is 1.22 bits per heavy atom. The molecule has 0 saturated carbocycles. The highest BCUT2D eigenvalue weighted by Crippen LogP contribution is 2.20. The molecular weight excluding hydrogens is 316 g/mol. The van der Waals surface area contributed by atoms with Crippen LogP contribution < -0.4 is 27.6 Å². The predicted octanol–water partition coefficient (Wildman–Crippen LogP) is -2.94. The molecule has 1 atom stereocenters. The van der Waals surface area contributed by atoms with Crippen LogP contribution in [-0.4, -0.2) is 44.3 Å². The van der Waals surface area contributed by atoms with E-state index in [1.54, 1.807) is 12.4 Å². The van der Waals surface area contributed by atoms with Crippen molar-refractivity contribution in [3.8, 4) is 0 Å². The molecule has 0 spiro atoms. The third-order valence-corrected chi connectivity index (χ3v) is 3.71. The average Bonchev–Trinajstić information content (AvgIpc) is 2.98. The summed E-state index contributed by atoms with van der Waals surface area (Å²) in [5.41, 5.74) is 2.17. The summed E-state index contributed by atoms with van der Waals surface area (Å²) in [6.07, 6.45) is 5.30. The number of aliphatic imine (C=N–C) groups is 2. The molecule has 7 nitrogen and oxygen atoms in total. The molecule has 0 radical (unpaired) electrons. The standard InChI is InChI=1S/C15H16N6O.ClH/c1-2-12(10-13(3-1)20-6-8-22-9-7-20)17-15-18-14-11-16-4-5-21(14)19-15;/h1-5,10-11H,6-9H2,(H,17,19);1H. The van der Waals surface area contributed by atoms with Gasteiger partial charge < -0.3 is 27.4 Å². The summed E-state index contributed by atoms with van der Waals surface area (Å²) >= 11 is 0. The van der Waals surface area contributed by atoms with Gasteiger partial charge in [-0.3, -0.25) is 4.99 Å². The van der Waals surface area contributed by atoms with E-state index in [0.29, 0.717) is 5.96 Å². The van der Waals surface area contributed by atoms with Gasteiger partial charge in [0.05, 0.1) is 19.4 Å². The van der Waals surface area contributed by atoms with Gasteiger partial charge in [0.1, 0.15) is 12.4 Å². The van der Waals surface area contributed by atoms with Crippen molar-refractivity contribution >= 4 is 29.4 Å². The largest absolute Gasteiger partial charge is 1.00 e. The number of halogens is 1.